The van der Waals surface area contributed by atoms with Gasteiger partial charge >= 0.3 is 6.09 Å². The predicted molar refractivity (Wildman–Crippen MR) is 104 cm³/mol. The summed E-state index contributed by atoms with van der Waals surface area (Å²) < 4.78 is 5.60. The molecule has 144 valence electrons. The summed E-state index contributed by atoms with van der Waals surface area (Å²) in [6, 6.07) is 1.85. The average molecular weight is 410 g/mol. The number of ether oxygens (including phenoxy) is 1. The van der Waals surface area contributed by atoms with Crippen LogP contribution in [0.25, 0.3) is 10.9 Å². The predicted octanol–water partition coefficient (Wildman–Crippen LogP) is 3.92. The van der Waals surface area contributed by atoms with Gasteiger partial charge in [0.05, 0.1) is 23.0 Å². The second-order valence-electron chi connectivity index (χ2n) is 8.02. The van der Waals surface area contributed by atoms with Crippen molar-refractivity contribution in [2.45, 2.75) is 51.3 Å². The number of nitrogens with zero attached hydrogens (tertiary/aromatic N) is 5. The van der Waals surface area contributed by atoms with Gasteiger partial charge in [-0.25, -0.2) is 14.8 Å². The Morgan fingerprint density at radius 3 is 2.48 bits per heavy atom. The third kappa shape index (κ3) is 3.62. The number of pyridine rings is 1. The fourth-order valence-corrected chi connectivity index (χ4v) is 4.21. The molecule has 2 unspecified atom stereocenters. The zero-order valence-corrected chi connectivity index (χ0v) is 17.0. The van der Waals surface area contributed by atoms with Crippen molar-refractivity contribution in [3.05, 3.63) is 22.7 Å². The Kier molecular flexibility index (Phi) is 4.55. The van der Waals surface area contributed by atoms with Crippen LogP contribution in [-0.4, -0.2) is 56.7 Å². The molecule has 4 heterocycles. The van der Waals surface area contributed by atoms with E-state index in [0.29, 0.717) is 23.8 Å². The van der Waals surface area contributed by atoms with Crippen molar-refractivity contribution >= 4 is 46.0 Å². The number of rotatable bonds is 1. The molecule has 1 amide bonds. The number of aromatic nitrogens is 3. The topological polar surface area (TPSA) is 71.5 Å². The molecule has 2 bridgehead atoms. The summed E-state index contributed by atoms with van der Waals surface area (Å²) in [6.07, 6.45) is 3.32. The summed E-state index contributed by atoms with van der Waals surface area (Å²) in [5, 5.41) is 1.33. The SMILES string of the molecule is CC(C)(C)OC(=O)N1C2CCC1CN(c1nc(Cl)nc3cc(Cl)ncc13)C2. The largest absolute Gasteiger partial charge is 0.444 e. The van der Waals surface area contributed by atoms with Gasteiger partial charge in [-0.05, 0) is 45.2 Å². The lowest BCUT2D eigenvalue weighted by Gasteiger charge is -2.42. The van der Waals surface area contributed by atoms with E-state index in [0.717, 1.165) is 24.0 Å². The molecule has 2 atom stereocenters. The van der Waals surface area contributed by atoms with Gasteiger partial charge in [-0.3, -0.25) is 4.90 Å². The summed E-state index contributed by atoms with van der Waals surface area (Å²) in [5.74, 6) is 0.731. The van der Waals surface area contributed by atoms with Gasteiger partial charge in [0, 0.05) is 25.4 Å². The van der Waals surface area contributed by atoms with Crippen molar-refractivity contribution in [3.63, 3.8) is 0 Å². The van der Waals surface area contributed by atoms with Crippen LogP contribution in [-0.2, 0) is 4.74 Å². The first kappa shape index (κ1) is 18.5. The molecule has 0 aromatic carbocycles. The Hall–Kier alpha value is -1.86. The van der Waals surface area contributed by atoms with Crippen molar-refractivity contribution < 1.29 is 9.53 Å². The maximum absolute atomic E-state index is 12.6. The van der Waals surface area contributed by atoms with Crippen molar-refractivity contribution in [3.8, 4) is 0 Å². The average Bonchev–Trinajstić information content (AvgIpc) is 2.82. The molecule has 4 rings (SSSR count). The molecular formula is C18H21Cl2N5O2. The van der Waals surface area contributed by atoms with E-state index < -0.39 is 5.60 Å². The van der Waals surface area contributed by atoms with E-state index in [-0.39, 0.29) is 23.5 Å². The van der Waals surface area contributed by atoms with Gasteiger partial charge in [0.15, 0.2) is 0 Å². The van der Waals surface area contributed by atoms with Gasteiger partial charge < -0.3 is 9.64 Å². The minimum Gasteiger partial charge on any atom is -0.444 e. The molecule has 27 heavy (non-hydrogen) atoms. The normalized spacial score (nSPS) is 22.4. The van der Waals surface area contributed by atoms with E-state index in [2.05, 4.69) is 19.9 Å². The maximum Gasteiger partial charge on any atom is 0.410 e. The van der Waals surface area contributed by atoms with Gasteiger partial charge in [0.25, 0.3) is 0 Å². The van der Waals surface area contributed by atoms with Crippen molar-refractivity contribution in [1.29, 1.82) is 0 Å². The van der Waals surface area contributed by atoms with Crippen LogP contribution >= 0.6 is 23.2 Å². The Morgan fingerprint density at radius 2 is 1.85 bits per heavy atom. The highest BCUT2D eigenvalue weighted by Crippen LogP contribution is 2.35. The number of fused-ring (bicyclic) bond motifs is 3. The summed E-state index contributed by atoms with van der Waals surface area (Å²) in [4.78, 5) is 29.5. The third-order valence-corrected chi connectivity index (χ3v) is 5.26. The molecular weight excluding hydrogens is 389 g/mol. The van der Waals surface area contributed by atoms with Gasteiger partial charge in [-0.1, -0.05) is 11.6 Å². The van der Waals surface area contributed by atoms with Crippen LogP contribution in [0.5, 0.6) is 0 Å². The highest BCUT2D eigenvalue weighted by Gasteiger charge is 2.44. The molecule has 7 nitrogen and oxygen atoms in total. The molecule has 2 aliphatic rings. The zero-order chi connectivity index (χ0) is 19.3. The van der Waals surface area contributed by atoms with Crippen molar-refractivity contribution in [1.82, 2.24) is 19.9 Å². The van der Waals surface area contributed by atoms with Crippen LogP contribution in [0.15, 0.2) is 12.3 Å². The summed E-state index contributed by atoms with van der Waals surface area (Å²) in [7, 11) is 0. The van der Waals surface area contributed by atoms with Gasteiger partial charge in [0.2, 0.25) is 5.28 Å². The fourth-order valence-electron chi connectivity index (χ4n) is 3.89. The van der Waals surface area contributed by atoms with Crippen LogP contribution in [0, 0.1) is 0 Å². The summed E-state index contributed by atoms with van der Waals surface area (Å²) in [6.45, 7) is 6.99. The van der Waals surface area contributed by atoms with E-state index in [1.165, 1.54) is 0 Å². The quantitative estimate of drug-likeness (QED) is 0.524. The van der Waals surface area contributed by atoms with Crippen LogP contribution in [0.4, 0.5) is 10.6 Å². The first-order valence-electron chi connectivity index (χ1n) is 8.96. The zero-order valence-electron chi connectivity index (χ0n) is 15.4. The highest BCUT2D eigenvalue weighted by atomic mass is 35.5. The van der Waals surface area contributed by atoms with Crippen LogP contribution < -0.4 is 4.90 Å². The highest BCUT2D eigenvalue weighted by molar-refractivity contribution is 6.30. The maximum atomic E-state index is 12.6. The molecule has 0 N–H and O–H groups in total. The molecule has 0 aliphatic carbocycles. The van der Waals surface area contributed by atoms with Crippen molar-refractivity contribution in [2.75, 3.05) is 18.0 Å². The minimum atomic E-state index is -0.505. The van der Waals surface area contributed by atoms with E-state index >= 15 is 0 Å². The van der Waals surface area contributed by atoms with Gasteiger partial charge in [-0.2, -0.15) is 4.98 Å². The number of carbonyl (C=O) groups is 1. The second-order valence-corrected chi connectivity index (χ2v) is 8.74. The summed E-state index contributed by atoms with van der Waals surface area (Å²) >= 11 is 12.1. The smallest absolute Gasteiger partial charge is 0.410 e. The molecule has 0 radical (unpaired) electrons. The van der Waals surface area contributed by atoms with E-state index in [1.807, 2.05) is 25.7 Å². The molecule has 2 fully saturated rings. The van der Waals surface area contributed by atoms with Crippen LogP contribution in [0.1, 0.15) is 33.6 Å². The molecule has 0 spiro atoms. The Balaban J connectivity index is 1.62. The number of anilines is 1. The Labute approximate surface area is 167 Å². The lowest BCUT2D eigenvalue weighted by atomic mass is 10.1. The van der Waals surface area contributed by atoms with E-state index in [9.17, 15) is 4.79 Å². The molecule has 2 saturated heterocycles. The second kappa shape index (κ2) is 6.63. The molecule has 2 aromatic rings. The van der Waals surface area contributed by atoms with E-state index in [1.54, 1.807) is 12.3 Å². The monoisotopic (exact) mass is 409 g/mol. The van der Waals surface area contributed by atoms with Gasteiger partial charge in [-0.15, -0.1) is 0 Å². The lowest BCUT2D eigenvalue weighted by Crippen LogP contribution is -2.57. The van der Waals surface area contributed by atoms with E-state index in [4.69, 9.17) is 27.9 Å². The molecule has 0 saturated carbocycles. The number of hydrogen-bond donors (Lipinski definition) is 0. The van der Waals surface area contributed by atoms with Crippen molar-refractivity contribution in [2.24, 2.45) is 0 Å². The number of amides is 1. The Morgan fingerprint density at radius 1 is 1.19 bits per heavy atom. The standard InChI is InChI=1S/C18H21Cl2N5O2/c1-18(2,3)27-17(26)25-10-4-5-11(25)9-24(8-10)15-12-7-21-14(19)6-13(12)22-16(20)23-15/h6-7,10-11H,4-5,8-9H2,1-3H3. The molecule has 2 aromatic heterocycles. The van der Waals surface area contributed by atoms with Crippen LogP contribution in [0.2, 0.25) is 10.4 Å². The van der Waals surface area contributed by atoms with Gasteiger partial charge in [0.1, 0.15) is 16.6 Å². The number of halogens is 2. The first-order valence-corrected chi connectivity index (χ1v) is 9.72. The fraction of sp³-hybridized carbons (Fsp3) is 0.556. The molecule has 2 aliphatic heterocycles. The number of piperazine rings is 1. The number of hydrogen-bond acceptors (Lipinski definition) is 6. The summed E-state index contributed by atoms with van der Waals surface area (Å²) in [5.41, 5.74) is 0.154. The lowest BCUT2D eigenvalue weighted by molar-refractivity contribution is 0.0123. The minimum absolute atomic E-state index is 0.0858. The molecule has 9 heteroatoms. The van der Waals surface area contributed by atoms with Crippen LogP contribution in [0.3, 0.4) is 0 Å². The third-order valence-electron chi connectivity index (χ3n) is 4.89. The first-order chi connectivity index (χ1) is 12.7. The number of carbonyl (C=O) groups excluding carboxylic acids is 1. The Bertz CT molecular complexity index is 882.